The van der Waals surface area contributed by atoms with E-state index in [-0.39, 0.29) is 0 Å². The Kier molecular flexibility index (Phi) is 7.28. The summed E-state index contributed by atoms with van der Waals surface area (Å²) in [5.74, 6) is 0. The van der Waals surface area contributed by atoms with Crippen LogP contribution in [0.2, 0.25) is 0 Å². The second kappa shape index (κ2) is 8.19. The molecule has 1 aliphatic rings. The van der Waals surface area contributed by atoms with Gasteiger partial charge in [0, 0.05) is 32.7 Å². The van der Waals surface area contributed by atoms with Crippen molar-refractivity contribution in [2.75, 3.05) is 33.2 Å². The first kappa shape index (κ1) is 16.9. The van der Waals surface area contributed by atoms with E-state index in [0.29, 0.717) is 25.7 Å². The summed E-state index contributed by atoms with van der Waals surface area (Å²) in [5.41, 5.74) is 0. The van der Waals surface area contributed by atoms with Gasteiger partial charge in [-0.15, -0.1) is 0 Å². The van der Waals surface area contributed by atoms with Gasteiger partial charge in [0.05, 0.1) is 0 Å². The van der Waals surface area contributed by atoms with Crippen LogP contribution in [0.5, 0.6) is 0 Å². The lowest BCUT2D eigenvalue weighted by Crippen LogP contribution is -2.49. The summed E-state index contributed by atoms with van der Waals surface area (Å²) in [7, 11) is -1.61. The predicted molar refractivity (Wildman–Crippen MR) is 79.3 cm³/mol. The Hall–Kier alpha value is -0.170. The van der Waals surface area contributed by atoms with Gasteiger partial charge >= 0.3 is 0 Å². The zero-order valence-electron chi connectivity index (χ0n) is 12.6. The SMILES string of the molecule is CCCCN(C)S(=O)(=O)N(CC)CC1CCCCN1. The van der Waals surface area contributed by atoms with Crippen LogP contribution in [0, 0.1) is 0 Å². The molecule has 114 valence electrons. The molecule has 19 heavy (non-hydrogen) atoms. The zero-order valence-corrected chi connectivity index (χ0v) is 13.4. The fraction of sp³-hybridized carbons (Fsp3) is 1.00. The molecule has 1 N–H and O–H groups in total. The van der Waals surface area contributed by atoms with E-state index in [4.69, 9.17) is 0 Å². The van der Waals surface area contributed by atoms with Crippen LogP contribution in [0.15, 0.2) is 0 Å². The molecule has 1 fully saturated rings. The first-order valence-corrected chi connectivity index (χ1v) is 8.86. The molecule has 0 aliphatic carbocycles. The molecule has 0 aromatic heterocycles. The Bertz CT molecular complexity index is 340. The van der Waals surface area contributed by atoms with Crippen molar-refractivity contribution in [3.63, 3.8) is 0 Å². The molecule has 0 saturated carbocycles. The Labute approximate surface area is 118 Å². The van der Waals surface area contributed by atoms with Gasteiger partial charge in [-0.2, -0.15) is 17.0 Å². The van der Waals surface area contributed by atoms with Gasteiger partial charge in [-0.25, -0.2) is 0 Å². The molecule has 0 aromatic rings. The van der Waals surface area contributed by atoms with Crippen molar-refractivity contribution in [1.29, 1.82) is 0 Å². The highest BCUT2D eigenvalue weighted by Gasteiger charge is 2.28. The van der Waals surface area contributed by atoms with E-state index in [1.54, 1.807) is 11.4 Å². The van der Waals surface area contributed by atoms with E-state index in [2.05, 4.69) is 12.2 Å². The number of piperidine rings is 1. The molecular weight excluding hydrogens is 262 g/mol. The Balaban J connectivity index is 2.60. The van der Waals surface area contributed by atoms with E-state index < -0.39 is 10.2 Å². The first-order chi connectivity index (χ1) is 9.02. The second-order valence-electron chi connectivity index (χ2n) is 5.28. The van der Waals surface area contributed by atoms with Crippen molar-refractivity contribution in [3.05, 3.63) is 0 Å². The van der Waals surface area contributed by atoms with Gasteiger partial charge in [-0.3, -0.25) is 0 Å². The van der Waals surface area contributed by atoms with Crippen LogP contribution in [0.3, 0.4) is 0 Å². The summed E-state index contributed by atoms with van der Waals surface area (Å²) in [4.78, 5) is 0. The fourth-order valence-corrected chi connectivity index (χ4v) is 3.85. The lowest BCUT2D eigenvalue weighted by Gasteiger charge is -2.31. The average molecular weight is 291 g/mol. The summed E-state index contributed by atoms with van der Waals surface area (Å²) in [6.45, 7) is 6.73. The maximum atomic E-state index is 12.5. The van der Waals surface area contributed by atoms with Gasteiger partial charge in [-0.05, 0) is 25.8 Å². The van der Waals surface area contributed by atoms with Gasteiger partial charge in [-0.1, -0.05) is 26.7 Å². The van der Waals surface area contributed by atoms with Crippen LogP contribution in [-0.4, -0.2) is 56.3 Å². The van der Waals surface area contributed by atoms with Crippen LogP contribution in [0.1, 0.15) is 46.0 Å². The van der Waals surface area contributed by atoms with E-state index in [1.807, 2.05) is 6.92 Å². The molecule has 0 radical (unpaired) electrons. The smallest absolute Gasteiger partial charge is 0.281 e. The molecule has 1 unspecified atom stereocenters. The summed E-state index contributed by atoms with van der Waals surface area (Å²) < 4.78 is 28.0. The number of nitrogens with one attached hydrogen (secondary N) is 1. The topological polar surface area (TPSA) is 52.7 Å². The number of likely N-dealkylation sites (N-methyl/N-ethyl adjacent to an activating group) is 1. The fourth-order valence-electron chi connectivity index (χ4n) is 2.41. The molecular formula is C13H29N3O2S. The lowest BCUT2D eigenvalue weighted by molar-refractivity contribution is 0.301. The molecule has 1 atom stereocenters. The number of hydrogen-bond donors (Lipinski definition) is 1. The normalized spacial score (nSPS) is 21.2. The predicted octanol–water partition coefficient (Wildman–Crippen LogP) is 1.43. The highest BCUT2D eigenvalue weighted by Crippen LogP contribution is 2.13. The highest BCUT2D eigenvalue weighted by atomic mass is 32.2. The van der Waals surface area contributed by atoms with Gasteiger partial charge < -0.3 is 5.32 Å². The van der Waals surface area contributed by atoms with Gasteiger partial charge in [0.15, 0.2) is 0 Å². The standard InChI is InChI=1S/C13H29N3O2S/c1-4-6-11-15(3)19(17,18)16(5-2)12-13-9-7-8-10-14-13/h13-14H,4-12H2,1-3H3. The molecule has 6 heteroatoms. The number of hydrogen-bond acceptors (Lipinski definition) is 3. The van der Waals surface area contributed by atoms with Crippen molar-refractivity contribution in [3.8, 4) is 0 Å². The maximum Gasteiger partial charge on any atom is 0.281 e. The van der Waals surface area contributed by atoms with Crippen LogP contribution in [0.4, 0.5) is 0 Å². The van der Waals surface area contributed by atoms with E-state index in [1.165, 1.54) is 17.1 Å². The van der Waals surface area contributed by atoms with Crippen LogP contribution in [-0.2, 0) is 10.2 Å². The maximum absolute atomic E-state index is 12.5. The van der Waals surface area contributed by atoms with Crippen molar-refractivity contribution in [2.24, 2.45) is 0 Å². The highest BCUT2D eigenvalue weighted by molar-refractivity contribution is 7.86. The molecule has 1 saturated heterocycles. The average Bonchev–Trinajstić information content (AvgIpc) is 2.42. The van der Waals surface area contributed by atoms with Crippen LogP contribution >= 0.6 is 0 Å². The Morgan fingerprint density at radius 2 is 2.00 bits per heavy atom. The molecule has 0 spiro atoms. The number of unbranched alkanes of at least 4 members (excludes halogenated alkanes) is 1. The van der Waals surface area contributed by atoms with Gasteiger partial charge in [0.1, 0.15) is 0 Å². The minimum absolute atomic E-state index is 0.308. The van der Waals surface area contributed by atoms with Gasteiger partial charge in [0.25, 0.3) is 10.2 Å². The third-order valence-corrected chi connectivity index (χ3v) is 5.77. The largest absolute Gasteiger partial charge is 0.313 e. The molecule has 5 nitrogen and oxygen atoms in total. The third kappa shape index (κ3) is 5.02. The molecule has 0 aromatic carbocycles. The van der Waals surface area contributed by atoms with Crippen LogP contribution in [0.25, 0.3) is 0 Å². The monoisotopic (exact) mass is 291 g/mol. The van der Waals surface area contributed by atoms with E-state index in [9.17, 15) is 8.42 Å². The minimum atomic E-state index is -3.30. The Morgan fingerprint density at radius 3 is 2.53 bits per heavy atom. The number of nitrogens with zero attached hydrogens (tertiary/aromatic N) is 2. The molecule has 1 heterocycles. The van der Waals surface area contributed by atoms with Crippen LogP contribution < -0.4 is 5.32 Å². The molecule has 0 bridgehead atoms. The summed E-state index contributed by atoms with van der Waals surface area (Å²) in [5, 5.41) is 3.41. The molecule has 0 amide bonds. The third-order valence-electron chi connectivity index (χ3n) is 3.74. The van der Waals surface area contributed by atoms with Gasteiger partial charge in [0.2, 0.25) is 0 Å². The lowest BCUT2D eigenvalue weighted by atomic mass is 10.1. The minimum Gasteiger partial charge on any atom is -0.313 e. The summed E-state index contributed by atoms with van der Waals surface area (Å²) >= 11 is 0. The molecule has 1 rings (SSSR count). The Morgan fingerprint density at radius 1 is 1.26 bits per heavy atom. The summed E-state index contributed by atoms with van der Waals surface area (Å²) in [6, 6.07) is 0.308. The van der Waals surface area contributed by atoms with Crippen molar-refractivity contribution >= 4 is 10.2 Å². The quantitative estimate of drug-likeness (QED) is 0.736. The van der Waals surface area contributed by atoms with E-state index >= 15 is 0 Å². The van der Waals surface area contributed by atoms with Crippen molar-refractivity contribution < 1.29 is 8.42 Å². The van der Waals surface area contributed by atoms with E-state index in [0.717, 1.165) is 25.8 Å². The number of rotatable bonds is 8. The van der Waals surface area contributed by atoms with Crippen molar-refractivity contribution in [2.45, 2.75) is 52.0 Å². The first-order valence-electron chi connectivity index (χ1n) is 7.47. The zero-order chi connectivity index (χ0) is 14.3. The second-order valence-corrected chi connectivity index (χ2v) is 7.32. The van der Waals surface area contributed by atoms with Crippen molar-refractivity contribution in [1.82, 2.24) is 13.9 Å². The molecule has 1 aliphatic heterocycles. The summed E-state index contributed by atoms with van der Waals surface area (Å²) in [6.07, 6.45) is 5.39.